The van der Waals surface area contributed by atoms with E-state index in [0.717, 1.165) is 22.2 Å². The molecule has 0 saturated carbocycles. The number of carbonyl (C=O) groups excluding carboxylic acids is 3. The summed E-state index contributed by atoms with van der Waals surface area (Å²) in [5.41, 5.74) is 2.35. The van der Waals surface area contributed by atoms with Crippen molar-refractivity contribution >= 4 is 52.2 Å². The predicted molar refractivity (Wildman–Crippen MR) is 135 cm³/mol. The van der Waals surface area contributed by atoms with E-state index in [4.69, 9.17) is 16.3 Å². The number of nitrogens with one attached hydrogen (secondary N) is 1. The number of imide groups is 1. The van der Waals surface area contributed by atoms with Gasteiger partial charge in [-0.3, -0.25) is 19.3 Å². The Balaban J connectivity index is 1.39. The Labute approximate surface area is 210 Å². The minimum absolute atomic E-state index is 0.140. The molecule has 1 N–H and O–H groups in total. The predicted octanol–water partition coefficient (Wildman–Crippen LogP) is 6.04. The number of aryl methyl sites for hydroxylation is 1. The number of anilines is 1. The Morgan fingerprint density at radius 2 is 1.91 bits per heavy atom. The van der Waals surface area contributed by atoms with E-state index in [9.17, 15) is 18.8 Å². The van der Waals surface area contributed by atoms with Crippen LogP contribution in [0.4, 0.5) is 14.9 Å². The number of hydrogen-bond acceptors (Lipinski definition) is 5. The van der Waals surface area contributed by atoms with E-state index >= 15 is 0 Å². The van der Waals surface area contributed by atoms with Gasteiger partial charge in [0.05, 0.1) is 11.4 Å². The summed E-state index contributed by atoms with van der Waals surface area (Å²) in [6.07, 6.45) is 1.56. The van der Waals surface area contributed by atoms with Crippen LogP contribution in [0.15, 0.2) is 71.6 Å². The highest BCUT2D eigenvalue weighted by molar-refractivity contribution is 8.18. The maximum atomic E-state index is 14.0. The van der Waals surface area contributed by atoms with Gasteiger partial charge in [0.15, 0.2) is 6.61 Å². The molecule has 9 heteroatoms. The number of carbonyl (C=O) groups is 3. The van der Waals surface area contributed by atoms with Gasteiger partial charge in [-0.1, -0.05) is 48.0 Å². The second-order valence-corrected chi connectivity index (χ2v) is 9.13. The Hall–Kier alpha value is -3.62. The number of hydrogen-bond donors (Lipinski definition) is 1. The molecule has 1 aliphatic heterocycles. The van der Waals surface area contributed by atoms with Crippen molar-refractivity contribution in [3.63, 3.8) is 0 Å². The van der Waals surface area contributed by atoms with Crippen molar-refractivity contribution < 1.29 is 23.5 Å². The molecule has 0 spiro atoms. The molecule has 35 heavy (non-hydrogen) atoms. The van der Waals surface area contributed by atoms with Gasteiger partial charge in [-0.2, -0.15) is 0 Å². The molecule has 4 rings (SSSR count). The first-order chi connectivity index (χ1) is 16.8. The summed E-state index contributed by atoms with van der Waals surface area (Å²) in [4.78, 5) is 38.6. The van der Waals surface area contributed by atoms with Crippen LogP contribution in [-0.2, 0) is 16.1 Å². The highest BCUT2D eigenvalue weighted by Gasteiger charge is 2.35. The number of ether oxygens (including phenoxy) is 1. The van der Waals surface area contributed by atoms with Crippen LogP contribution in [0, 0.1) is 12.7 Å². The fraction of sp³-hybridized carbons (Fsp3) is 0.115. The van der Waals surface area contributed by atoms with Crippen LogP contribution < -0.4 is 10.1 Å². The fourth-order valence-electron chi connectivity index (χ4n) is 3.30. The lowest BCUT2D eigenvalue weighted by Crippen LogP contribution is -2.27. The Bertz CT molecular complexity index is 1340. The lowest BCUT2D eigenvalue weighted by Gasteiger charge is -2.12. The summed E-state index contributed by atoms with van der Waals surface area (Å²) >= 11 is 6.87. The summed E-state index contributed by atoms with van der Waals surface area (Å²) in [6, 6.07) is 18.0. The topological polar surface area (TPSA) is 75.7 Å². The van der Waals surface area contributed by atoms with Crippen molar-refractivity contribution in [1.82, 2.24) is 4.90 Å². The molecule has 3 aromatic carbocycles. The molecule has 0 aliphatic carbocycles. The Morgan fingerprint density at radius 1 is 1.11 bits per heavy atom. The minimum Gasteiger partial charge on any atom is -0.484 e. The SMILES string of the molecule is Cc1ccc(NC(=O)COc2cccc(/C=C3\SC(=O)N(Cc4ccccc4F)C3=O)c2)cc1Cl. The first-order valence-electron chi connectivity index (χ1n) is 10.6. The zero-order valence-corrected chi connectivity index (χ0v) is 20.2. The maximum Gasteiger partial charge on any atom is 0.293 e. The van der Waals surface area contributed by atoms with Crippen LogP contribution in [0.1, 0.15) is 16.7 Å². The van der Waals surface area contributed by atoms with Crippen molar-refractivity contribution in [2.75, 3.05) is 11.9 Å². The van der Waals surface area contributed by atoms with E-state index in [1.54, 1.807) is 60.7 Å². The highest BCUT2D eigenvalue weighted by atomic mass is 35.5. The largest absolute Gasteiger partial charge is 0.484 e. The van der Waals surface area contributed by atoms with Crippen molar-refractivity contribution in [3.8, 4) is 5.75 Å². The molecule has 3 aromatic rings. The Kier molecular flexibility index (Phi) is 7.53. The molecule has 1 heterocycles. The van der Waals surface area contributed by atoms with Crippen LogP contribution in [0.2, 0.25) is 5.02 Å². The monoisotopic (exact) mass is 510 g/mol. The summed E-state index contributed by atoms with van der Waals surface area (Å²) in [5.74, 6) is -0.911. The van der Waals surface area contributed by atoms with Crippen LogP contribution >= 0.6 is 23.4 Å². The molecule has 6 nitrogen and oxygen atoms in total. The molecule has 0 aromatic heterocycles. The van der Waals surface area contributed by atoms with E-state index in [-0.39, 0.29) is 29.5 Å². The molecule has 3 amide bonds. The van der Waals surface area contributed by atoms with E-state index in [0.29, 0.717) is 22.0 Å². The number of amides is 3. The standard InChI is InChI=1S/C26H20ClFN2O4S/c1-16-9-10-19(13-21(16)27)29-24(31)15-34-20-7-4-5-17(11-20)12-23-25(32)30(26(33)35-23)14-18-6-2-3-8-22(18)28/h2-13H,14-15H2,1H3,(H,29,31)/b23-12-. The average molecular weight is 511 g/mol. The van der Waals surface area contributed by atoms with E-state index in [2.05, 4.69) is 5.32 Å². The molecule has 1 fully saturated rings. The maximum absolute atomic E-state index is 14.0. The molecule has 0 atom stereocenters. The lowest BCUT2D eigenvalue weighted by atomic mass is 10.2. The molecular weight excluding hydrogens is 491 g/mol. The normalized spacial score (nSPS) is 14.5. The number of nitrogens with zero attached hydrogens (tertiary/aromatic N) is 1. The smallest absolute Gasteiger partial charge is 0.293 e. The third-order valence-corrected chi connectivity index (χ3v) is 6.46. The summed E-state index contributed by atoms with van der Waals surface area (Å²) in [5, 5.41) is 2.80. The van der Waals surface area contributed by atoms with Crippen molar-refractivity contribution in [2.24, 2.45) is 0 Å². The van der Waals surface area contributed by atoms with Gasteiger partial charge in [-0.25, -0.2) is 4.39 Å². The van der Waals surface area contributed by atoms with Crippen LogP contribution in [0.3, 0.4) is 0 Å². The first kappa shape index (κ1) is 24.5. The third kappa shape index (κ3) is 6.09. The number of halogens is 2. The van der Waals surface area contributed by atoms with E-state index in [1.165, 1.54) is 12.1 Å². The second kappa shape index (κ2) is 10.8. The van der Waals surface area contributed by atoms with Gasteiger partial charge in [0.2, 0.25) is 0 Å². The first-order valence-corrected chi connectivity index (χ1v) is 11.8. The van der Waals surface area contributed by atoms with Gasteiger partial charge in [-0.05, 0) is 66.2 Å². The van der Waals surface area contributed by atoms with Gasteiger partial charge in [0, 0.05) is 16.3 Å². The van der Waals surface area contributed by atoms with Crippen molar-refractivity contribution in [1.29, 1.82) is 0 Å². The molecule has 178 valence electrons. The molecular formula is C26H20ClFN2O4S. The second-order valence-electron chi connectivity index (χ2n) is 7.73. The van der Waals surface area contributed by atoms with E-state index < -0.39 is 17.0 Å². The van der Waals surface area contributed by atoms with Crippen LogP contribution in [0.5, 0.6) is 5.75 Å². The highest BCUT2D eigenvalue weighted by Crippen LogP contribution is 2.34. The van der Waals surface area contributed by atoms with Crippen molar-refractivity contribution in [2.45, 2.75) is 13.5 Å². The molecule has 0 unspecified atom stereocenters. The van der Waals surface area contributed by atoms with Gasteiger partial charge in [0.1, 0.15) is 11.6 Å². The van der Waals surface area contributed by atoms with E-state index in [1.807, 2.05) is 6.92 Å². The lowest BCUT2D eigenvalue weighted by molar-refractivity contribution is -0.123. The zero-order chi connectivity index (χ0) is 24.9. The number of benzene rings is 3. The molecule has 1 aliphatic rings. The zero-order valence-electron chi connectivity index (χ0n) is 18.6. The van der Waals surface area contributed by atoms with Crippen LogP contribution in [-0.4, -0.2) is 28.6 Å². The molecule has 0 radical (unpaired) electrons. The van der Waals surface area contributed by atoms with Crippen LogP contribution in [0.25, 0.3) is 6.08 Å². The summed E-state index contributed by atoms with van der Waals surface area (Å²) < 4.78 is 19.5. The van der Waals surface area contributed by atoms with Crippen molar-refractivity contribution in [3.05, 3.63) is 99.2 Å². The van der Waals surface area contributed by atoms with Gasteiger partial charge in [0.25, 0.3) is 17.1 Å². The average Bonchev–Trinajstić information content (AvgIpc) is 3.09. The van der Waals surface area contributed by atoms with Gasteiger partial charge in [-0.15, -0.1) is 0 Å². The summed E-state index contributed by atoms with van der Waals surface area (Å²) in [6.45, 7) is 1.50. The van der Waals surface area contributed by atoms with Gasteiger partial charge >= 0.3 is 0 Å². The Morgan fingerprint density at radius 3 is 2.69 bits per heavy atom. The van der Waals surface area contributed by atoms with Gasteiger partial charge < -0.3 is 10.1 Å². The fourth-order valence-corrected chi connectivity index (χ4v) is 4.31. The molecule has 0 bridgehead atoms. The number of rotatable bonds is 7. The third-order valence-electron chi connectivity index (χ3n) is 5.14. The summed E-state index contributed by atoms with van der Waals surface area (Å²) in [7, 11) is 0. The molecule has 1 saturated heterocycles. The minimum atomic E-state index is -0.495. The number of thioether (sulfide) groups is 1. The quantitative estimate of drug-likeness (QED) is 0.392.